The zero-order valence-electron chi connectivity index (χ0n) is 22.5. The maximum Gasteiger partial charge on any atom is 0.498 e. The standard InChI is InChI=1S/C28H34BCl2NO5/c1-8-34-26(33)25-19(10-9-13-35-18-14-16(2)23(31)17(3)15-18)20-11-12-21(30)22(24(20)32-25)29-36-27(4,5)28(6,7)37-29/h11-12,14-15,32H,8-10,13H2,1-7H3. The minimum Gasteiger partial charge on any atom is -0.494 e. The summed E-state index contributed by atoms with van der Waals surface area (Å²) in [6.45, 7) is 14.4. The van der Waals surface area contributed by atoms with Gasteiger partial charge >= 0.3 is 13.1 Å². The molecule has 198 valence electrons. The molecule has 0 aliphatic carbocycles. The summed E-state index contributed by atoms with van der Waals surface area (Å²) in [5.41, 5.74) is 3.56. The molecule has 9 heteroatoms. The molecule has 0 amide bonds. The van der Waals surface area contributed by atoms with Gasteiger partial charge in [0.05, 0.1) is 24.4 Å². The summed E-state index contributed by atoms with van der Waals surface area (Å²) in [5, 5.41) is 2.14. The summed E-state index contributed by atoms with van der Waals surface area (Å²) in [6, 6.07) is 7.62. The highest BCUT2D eigenvalue weighted by molar-refractivity contribution is 6.68. The van der Waals surface area contributed by atoms with Crippen LogP contribution in [0.25, 0.3) is 10.9 Å². The maximum atomic E-state index is 12.9. The fourth-order valence-electron chi connectivity index (χ4n) is 4.57. The Morgan fingerprint density at radius 2 is 1.68 bits per heavy atom. The van der Waals surface area contributed by atoms with Crippen molar-refractivity contribution in [2.75, 3.05) is 13.2 Å². The van der Waals surface area contributed by atoms with Crippen molar-refractivity contribution in [3.05, 3.63) is 56.7 Å². The zero-order valence-corrected chi connectivity index (χ0v) is 24.0. The van der Waals surface area contributed by atoms with Crippen LogP contribution in [0.3, 0.4) is 0 Å². The largest absolute Gasteiger partial charge is 0.498 e. The number of H-pyrrole nitrogens is 1. The third-order valence-corrected chi connectivity index (χ3v) is 8.21. The number of fused-ring (bicyclic) bond motifs is 1. The lowest BCUT2D eigenvalue weighted by molar-refractivity contribution is 0.00578. The molecule has 1 N–H and O–H groups in total. The van der Waals surface area contributed by atoms with Crippen LogP contribution in [-0.2, 0) is 20.5 Å². The number of esters is 1. The van der Waals surface area contributed by atoms with Crippen molar-refractivity contribution >= 4 is 52.7 Å². The van der Waals surface area contributed by atoms with Crippen molar-refractivity contribution in [2.24, 2.45) is 0 Å². The summed E-state index contributed by atoms with van der Waals surface area (Å²) in [7, 11) is -0.678. The Bertz CT molecular complexity index is 1290. The van der Waals surface area contributed by atoms with Crippen LogP contribution in [-0.4, -0.2) is 42.5 Å². The number of nitrogens with one attached hydrogen (secondary N) is 1. The number of aryl methyl sites for hydroxylation is 3. The molecule has 4 rings (SSSR count). The van der Waals surface area contributed by atoms with E-state index in [0.29, 0.717) is 41.1 Å². The Morgan fingerprint density at radius 3 is 2.27 bits per heavy atom. The van der Waals surface area contributed by atoms with Crippen LogP contribution in [0.15, 0.2) is 24.3 Å². The van der Waals surface area contributed by atoms with Gasteiger partial charge in [0.1, 0.15) is 11.4 Å². The van der Waals surface area contributed by atoms with E-state index in [1.165, 1.54) is 0 Å². The van der Waals surface area contributed by atoms with Gasteiger partial charge in [0.25, 0.3) is 0 Å². The predicted molar refractivity (Wildman–Crippen MR) is 150 cm³/mol. The third-order valence-electron chi connectivity index (χ3n) is 7.29. The molecule has 2 heterocycles. The van der Waals surface area contributed by atoms with Crippen LogP contribution >= 0.6 is 23.2 Å². The number of aromatic amines is 1. The summed E-state index contributed by atoms with van der Waals surface area (Å²) in [6.07, 6.45) is 1.29. The van der Waals surface area contributed by atoms with E-state index in [0.717, 1.165) is 32.8 Å². The molecule has 6 nitrogen and oxygen atoms in total. The first kappa shape index (κ1) is 27.8. The molecule has 0 spiro atoms. The van der Waals surface area contributed by atoms with E-state index in [4.69, 9.17) is 42.0 Å². The van der Waals surface area contributed by atoms with Crippen molar-refractivity contribution in [2.45, 2.75) is 72.5 Å². The molecule has 0 saturated carbocycles. The monoisotopic (exact) mass is 545 g/mol. The van der Waals surface area contributed by atoms with E-state index in [1.54, 1.807) is 6.92 Å². The molecule has 0 bridgehead atoms. The lowest BCUT2D eigenvalue weighted by Gasteiger charge is -2.32. The minimum absolute atomic E-state index is 0.275. The number of aromatic nitrogens is 1. The Labute approximate surface area is 229 Å². The highest BCUT2D eigenvalue weighted by atomic mass is 35.5. The second-order valence-corrected chi connectivity index (χ2v) is 11.3. The lowest BCUT2D eigenvalue weighted by Crippen LogP contribution is -2.41. The van der Waals surface area contributed by atoms with Crippen molar-refractivity contribution in [3.63, 3.8) is 0 Å². The lowest BCUT2D eigenvalue weighted by atomic mass is 9.77. The summed E-state index contributed by atoms with van der Waals surface area (Å²) in [4.78, 5) is 16.2. The molecule has 1 aromatic heterocycles. The van der Waals surface area contributed by atoms with Gasteiger partial charge in [-0.25, -0.2) is 4.79 Å². The van der Waals surface area contributed by atoms with E-state index in [9.17, 15) is 4.79 Å². The number of rotatable bonds is 8. The Kier molecular flexibility index (Phi) is 7.92. The van der Waals surface area contributed by atoms with Gasteiger partial charge in [-0.2, -0.15) is 0 Å². The van der Waals surface area contributed by atoms with E-state index < -0.39 is 24.3 Å². The van der Waals surface area contributed by atoms with Gasteiger partial charge in [0.2, 0.25) is 0 Å². The van der Waals surface area contributed by atoms with Gasteiger partial charge in [0.15, 0.2) is 0 Å². The van der Waals surface area contributed by atoms with E-state index >= 15 is 0 Å². The summed E-state index contributed by atoms with van der Waals surface area (Å²) in [5.74, 6) is 0.369. The molecule has 2 aromatic carbocycles. The van der Waals surface area contributed by atoms with Gasteiger partial charge in [-0.3, -0.25) is 0 Å². The molecule has 1 aliphatic heterocycles. The van der Waals surface area contributed by atoms with Crippen LogP contribution < -0.4 is 10.2 Å². The summed E-state index contributed by atoms with van der Waals surface area (Å²) < 4.78 is 24.0. The Morgan fingerprint density at radius 1 is 1.05 bits per heavy atom. The van der Waals surface area contributed by atoms with Gasteiger partial charge < -0.3 is 23.8 Å². The molecule has 1 saturated heterocycles. The first-order valence-corrected chi connectivity index (χ1v) is 13.4. The Hall–Kier alpha value is -2.19. The normalized spacial score (nSPS) is 16.4. The summed E-state index contributed by atoms with van der Waals surface area (Å²) >= 11 is 13.0. The number of carbonyl (C=O) groups excluding carboxylic acids is 1. The highest BCUT2D eigenvalue weighted by Gasteiger charge is 2.53. The second kappa shape index (κ2) is 10.5. The van der Waals surface area contributed by atoms with Gasteiger partial charge in [-0.05, 0) is 96.2 Å². The van der Waals surface area contributed by atoms with Crippen molar-refractivity contribution in [1.29, 1.82) is 0 Å². The highest BCUT2D eigenvalue weighted by Crippen LogP contribution is 2.38. The molecule has 1 aliphatic rings. The molecule has 0 unspecified atom stereocenters. The number of benzene rings is 2. The number of halogens is 2. The third kappa shape index (κ3) is 5.37. The van der Waals surface area contributed by atoms with Crippen molar-refractivity contribution < 1.29 is 23.6 Å². The molecule has 37 heavy (non-hydrogen) atoms. The molecule has 1 fully saturated rings. The topological polar surface area (TPSA) is 69.8 Å². The van der Waals surface area contributed by atoms with Gasteiger partial charge in [-0.15, -0.1) is 0 Å². The SMILES string of the molecule is CCOC(=O)c1[nH]c2c(B3OC(C)(C)C(C)(C)O3)c(Cl)ccc2c1CCCOc1cc(C)c(Cl)c(C)c1. The van der Waals surface area contributed by atoms with Crippen LogP contribution in [0.5, 0.6) is 5.75 Å². The van der Waals surface area contributed by atoms with Crippen LogP contribution in [0.4, 0.5) is 0 Å². The van der Waals surface area contributed by atoms with Crippen LogP contribution in [0.1, 0.15) is 68.2 Å². The number of hydrogen-bond acceptors (Lipinski definition) is 5. The smallest absolute Gasteiger partial charge is 0.494 e. The average Bonchev–Trinajstić information content (AvgIpc) is 3.27. The minimum atomic E-state index is -0.678. The van der Waals surface area contributed by atoms with Crippen molar-refractivity contribution in [3.8, 4) is 5.75 Å². The second-order valence-electron chi connectivity index (χ2n) is 10.5. The molecular formula is C28H34BCl2NO5. The van der Waals surface area contributed by atoms with Crippen molar-refractivity contribution in [1.82, 2.24) is 4.98 Å². The average molecular weight is 546 g/mol. The maximum absolute atomic E-state index is 12.9. The fraction of sp³-hybridized carbons (Fsp3) is 0.464. The van der Waals surface area contributed by atoms with E-state index in [2.05, 4.69) is 4.98 Å². The molecular weight excluding hydrogens is 512 g/mol. The Balaban J connectivity index is 1.64. The van der Waals surface area contributed by atoms with Gasteiger partial charge in [0, 0.05) is 26.4 Å². The molecule has 0 atom stereocenters. The number of hydrogen-bond donors (Lipinski definition) is 1. The first-order chi connectivity index (χ1) is 17.4. The molecule has 3 aromatic rings. The number of carbonyl (C=O) groups is 1. The first-order valence-electron chi connectivity index (χ1n) is 12.6. The quantitative estimate of drug-likeness (QED) is 0.197. The predicted octanol–water partition coefficient (Wildman–Crippen LogP) is 6.58. The molecule has 0 radical (unpaired) electrons. The zero-order chi connectivity index (χ0) is 27.1. The van der Waals surface area contributed by atoms with E-state index in [1.807, 2.05) is 65.8 Å². The van der Waals surface area contributed by atoms with Gasteiger partial charge in [-0.1, -0.05) is 29.3 Å². The van der Waals surface area contributed by atoms with Crippen LogP contribution in [0, 0.1) is 13.8 Å². The number of ether oxygens (including phenoxy) is 2. The van der Waals surface area contributed by atoms with Crippen LogP contribution in [0.2, 0.25) is 10.0 Å². The van der Waals surface area contributed by atoms with E-state index in [-0.39, 0.29) is 6.61 Å². The fourth-order valence-corrected chi connectivity index (χ4v) is 4.93.